The lowest BCUT2D eigenvalue weighted by molar-refractivity contribution is -0.294. The molecular formula is C12H23N3O7. The summed E-state index contributed by atoms with van der Waals surface area (Å²) in [7, 11) is 0. The van der Waals surface area contributed by atoms with Crippen molar-refractivity contribution in [2.75, 3.05) is 39.6 Å². The Morgan fingerprint density at radius 2 is 1.64 bits per heavy atom. The molecule has 0 saturated carbocycles. The fraction of sp³-hybridized carbons (Fsp3) is 1.00. The van der Waals surface area contributed by atoms with Crippen LogP contribution < -0.4 is 0 Å². The Balaban J connectivity index is 2.03. The molecule has 0 spiro atoms. The number of hydrogen-bond acceptors (Lipinski definition) is 8. The molecule has 0 amide bonds. The molecule has 0 radical (unpaired) electrons. The molecule has 22 heavy (non-hydrogen) atoms. The van der Waals surface area contributed by atoms with Crippen LogP contribution in [0.2, 0.25) is 0 Å². The van der Waals surface area contributed by atoms with Gasteiger partial charge in [0.2, 0.25) is 0 Å². The fourth-order valence-electron chi connectivity index (χ4n) is 1.85. The molecule has 1 aliphatic rings. The summed E-state index contributed by atoms with van der Waals surface area (Å²) >= 11 is 0. The molecule has 3 N–H and O–H groups in total. The van der Waals surface area contributed by atoms with Gasteiger partial charge in [-0.15, -0.1) is 0 Å². The third-order valence-corrected chi connectivity index (χ3v) is 3.09. The average Bonchev–Trinajstić information content (AvgIpc) is 2.51. The van der Waals surface area contributed by atoms with Gasteiger partial charge < -0.3 is 34.3 Å². The zero-order valence-electron chi connectivity index (χ0n) is 12.4. The largest absolute Gasteiger partial charge is 0.388 e. The summed E-state index contributed by atoms with van der Waals surface area (Å²) in [6, 6.07) is 0. The molecule has 1 rings (SSSR count). The number of hydrogen-bond donors (Lipinski definition) is 3. The van der Waals surface area contributed by atoms with Crippen LogP contribution in [0.25, 0.3) is 10.4 Å². The van der Waals surface area contributed by atoms with Gasteiger partial charge in [0, 0.05) is 11.5 Å². The van der Waals surface area contributed by atoms with Gasteiger partial charge in [-0.3, -0.25) is 0 Å². The zero-order chi connectivity index (χ0) is 16.4. The highest BCUT2D eigenvalue weighted by atomic mass is 16.7. The van der Waals surface area contributed by atoms with Crippen LogP contribution in [0.4, 0.5) is 0 Å². The van der Waals surface area contributed by atoms with E-state index in [4.69, 9.17) is 24.5 Å². The number of azide groups is 1. The summed E-state index contributed by atoms with van der Waals surface area (Å²) in [6.45, 7) is 3.35. The molecule has 0 aliphatic carbocycles. The van der Waals surface area contributed by atoms with Gasteiger partial charge in [-0.25, -0.2) is 0 Å². The van der Waals surface area contributed by atoms with E-state index in [2.05, 4.69) is 10.0 Å². The molecule has 128 valence electrons. The summed E-state index contributed by atoms with van der Waals surface area (Å²) in [5.41, 5.74) is 8.05. The van der Waals surface area contributed by atoms with Crippen LogP contribution in [0.15, 0.2) is 5.11 Å². The van der Waals surface area contributed by atoms with Gasteiger partial charge in [-0.2, -0.15) is 0 Å². The van der Waals surface area contributed by atoms with Gasteiger partial charge in [0.1, 0.15) is 18.3 Å². The topological polar surface area (TPSA) is 146 Å². The SMILES string of the molecule is C[C@@H]1OC(OCCOCCOCCN=[N+]=[N-])[C@@H](O)[C@H](O)[C@@H]1O. The van der Waals surface area contributed by atoms with Crippen molar-refractivity contribution >= 4 is 0 Å². The van der Waals surface area contributed by atoms with Crippen LogP contribution >= 0.6 is 0 Å². The van der Waals surface area contributed by atoms with Crippen LogP contribution in [0.3, 0.4) is 0 Å². The standard InChI is InChI=1S/C12H23N3O7/c1-8-9(16)10(17)11(18)12(22-8)21-7-6-20-5-4-19-3-2-14-15-13/h8-12,16-18H,2-7H2,1H3/t8-,9+,10+,11-,12?/m0/s1. The van der Waals surface area contributed by atoms with Crippen LogP contribution in [0, 0.1) is 0 Å². The van der Waals surface area contributed by atoms with Crippen LogP contribution in [0.1, 0.15) is 6.92 Å². The summed E-state index contributed by atoms with van der Waals surface area (Å²) in [4.78, 5) is 2.59. The van der Waals surface area contributed by atoms with Crippen LogP contribution in [-0.2, 0) is 18.9 Å². The number of aliphatic hydroxyl groups is 3. The van der Waals surface area contributed by atoms with E-state index >= 15 is 0 Å². The minimum atomic E-state index is -1.31. The van der Waals surface area contributed by atoms with Crippen molar-refractivity contribution < 1.29 is 34.3 Å². The van der Waals surface area contributed by atoms with E-state index in [0.717, 1.165) is 0 Å². The van der Waals surface area contributed by atoms with Crippen molar-refractivity contribution in [2.45, 2.75) is 37.6 Å². The van der Waals surface area contributed by atoms with Crippen LogP contribution in [-0.4, -0.2) is 85.6 Å². The van der Waals surface area contributed by atoms with Crippen molar-refractivity contribution in [1.29, 1.82) is 0 Å². The maximum absolute atomic E-state index is 9.71. The summed E-state index contributed by atoms with van der Waals surface area (Å²) in [5.74, 6) is 0. The lowest BCUT2D eigenvalue weighted by Gasteiger charge is -2.38. The molecule has 1 aliphatic heterocycles. The Kier molecular flexibility index (Phi) is 9.28. The Morgan fingerprint density at radius 3 is 2.32 bits per heavy atom. The van der Waals surface area contributed by atoms with Gasteiger partial charge in [0.05, 0.1) is 39.1 Å². The summed E-state index contributed by atoms with van der Waals surface area (Å²) < 4.78 is 20.9. The normalized spacial score (nSPS) is 31.7. The number of nitrogens with zero attached hydrogens (tertiary/aromatic N) is 3. The second kappa shape index (κ2) is 10.7. The van der Waals surface area contributed by atoms with Crippen molar-refractivity contribution in [3.05, 3.63) is 10.4 Å². The maximum Gasteiger partial charge on any atom is 0.186 e. The van der Waals surface area contributed by atoms with Crippen LogP contribution in [0.5, 0.6) is 0 Å². The maximum atomic E-state index is 9.71. The molecule has 1 saturated heterocycles. The second-order valence-corrected chi connectivity index (χ2v) is 4.73. The van der Waals surface area contributed by atoms with Gasteiger partial charge >= 0.3 is 0 Å². The van der Waals surface area contributed by atoms with Gasteiger partial charge in [0.15, 0.2) is 6.29 Å². The third kappa shape index (κ3) is 6.42. The van der Waals surface area contributed by atoms with E-state index in [-0.39, 0.29) is 19.8 Å². The monoisotopic (exact) mass is 321 g/mol. The molecule has 0 aromatic rings. The van der Waals surface area contributed by atoms with E-state index in [1.807, 2.05) is 0 Å². The van der Waals surface area contributed by atoms with Gasteiger partial charge in [-0.1, -0.05) is 5.11 Å². The first-order chi connectivity index (χ1) is 10.6. The number of aliphatic hydroxyl groups excluding tert-OH is 3. The predicted molar refractivity (Wildman–Crippen MR) is 74.0 cm³/mol. The Hall–Kier alpha value is -0.970. The fourth-order valence-corrected chi connectivity index (χ4v) is 1.85. The van der Waals surface area contributed by atoms with Gasteiger partial charge in [-0.05, 0) is 12.5 Å². The minimum absolute atomic E-state index is 0.163. The molecule has 0 bridgehead atoms. The molecule has 10 nitrogen and oxygen atoms in total. The highest BCUT2D eigenvalue weighted by molar-refractivity contribution is 4.87. The molecular weight excluding hydrogens is 298 g/mol. The number of ether oxygens (including phenoxy) is 4. The third-order valence-electron chi connectivity index (χ3n) is 3.09. The quantitative estimate of drug-likeness (QED) is 0.206. The average molecular weight is 321 g/mol. The van der Waals surface area contributed by atoms with Crippen molar-refractivity contribution in [1.82, 2.24) is 0 Å². The van der Waals surface area contributed by atoms with E-state index in [1.54, 1.807) is 6.92 Å². The highest BCUT2D eigenvalue weighted by Crippen LogP contribution is 2.21. The molecule has 10 heteroatoms. The molecule has 0 aromatic heterocycles. The first-order valence-corrected chi connectivity index (χ1v) is 7.05. The smallest absolute Gasteiger partial charge is 0.186 e. The highest BCUT2D eigenvalue weighted by Gasteiger charge is 2.42. The van der Waals surface area contributed by atoms with Crippen molar-refractivity contribution in [3.63, 3.8) is 0 Å². The van der Waals surface area contributed by atoms with E-state index < -0.39 is 30.7 Å². The first kappa shape index (κ1) is 19.1. The minimum Gasteiger partial charge on any atom is -0.388 e. The molecule has 0 aromatic carbocycles. The Bertz CT molecular complexity index is 354. The van der Waals surface area contributed by atoms with E-state index in [1.165, 1.54) is 0 Å². The lowest BCUT2D eigenvalue weighted by Crippen LogP contribution is -2.57. The summed E-state index contributed by atoms with van der Waals surface area (Å²) in [5, 5.41) is 32.2. The van der Waals surface area contributed by atoms with Crippen molar-refractivity contribution in [3.8, 4) is 0 Å². The lowest BCUT2D eigenvalue weighted by atomic mass is 10.0. The Morgan fingerprint density at radius 1 is 1.00 bits per heavy atom. The first-order valence-electron chi connectivity index (χ1n) is 7.05. The van der Waals surface area contributed by atoms with Gasteiger partial charge in [0.25, 0.3) is 0 Å². The molecule has 1 unspecified atom stereocenters. The molecule has 1 heterocycles. The van der Waals surface area contributed by atoms with Crippen molar-refractivity contribution in [2.24, 2.45) is 5.11 Å². The Labute approximate surface area is 128 Å². The van der Waals surface area contributed by atoms with E-state index in [9.17, 15) is 15.3 Å². The van der Waals surface area contributed by atoms with E-state index in [0.29, 0.717) is 19.8 Å². The predicted octanol–water partition coefficient (Wildman–Crippen LogP) is -0.826. The molecule has 1 fully saturated rings. The molecule has 5 atom stereocenters. The zero-order valence-corrected chi connectivity index (χ0v) is 12.4. The second-order valence-electron chi connectivity index (χ2n) is 4.73. The summed E-state index contributed by atoms with van der Waals surface area (Å²) in [6.07, 6.45) is -5.39. The number of rotatable bonds is 10.